The molecule has 0 aliphatic carbocycles. The molecule has 1 aliphatic rings. The topological polar surface area (TPSA) is 52.6 Å². The zero-order valence-electron chi connectivity index (χ0n) is 9.16. The van der Waals surface area contributed by atoms with Crippen LogP contribution in [0.5, 0.6) is 0 Å². The second kappa shape index (κ2) is 4.75. The summed E-state index contributed by atoms with van der Waals surface area (Å²) in [5.74, 6) is 0.167. The van der Waals surface area contributed by atoms with Crippen molar-refractivity contribution in [3.63, 3.8) is 0 Å². The Balaban J connectivity index is 2.50. The van der Waals surface area contributed by atoms with Gasteiger partial charge < -0.3 is 15.3 Å². The minimum atomic E-state index is -0.341. The van der Waals surface area contributed by atoms with Gasteiger partial charge in [0, 0.05) is 12.6 Å². The van der Waals surface area contributed by atoms with Crippen molar-refractivity contribution in [1.29, 1.82) is 0 Å². The van der Waals surface area contributed by atoms with Gasteiger partial charge in [0.1, 0.15) is 0 Å². The minimum Gasteiger partial charge on any atom is -0.393 e. The molecule has 1 heterocycles. The Kier molecular flexibility index (Phi) is 3.89. The number of likely N-dealkylation sites (N-methyl/N-ethyl adjacent to an activating group) is 1. The standard InChI is InChI=1S/C10H20N2O2/c1-7(6-8(2)13)12-5-4-9(11-3)10(12)14/h7-9,11,13H,4-6H2,1-3H3. The van der Waals surface area contributed by atoms with Gasteiger partial charge in [-0.05, 0) is 33.7 Å². The van der Waals surface area contributed by atoms with E-state index in [0.29, 0.717) is 6.42 Å². The van der Waals surface area contributed by atoms with Gasteiger partial charge in [0.05, 0.1) is 12.1 Å². The summed E-state index contributed by atoms with van der Waals surface area (Å²) in [6, 6.07) is 0.118. The number of aliphatic hydroxyl groups is 1. The molecule has 0 aromatic rings. The van der Waals surface area contributed by atoms with Crippen molar-refractivity contribution in [2.75, 3.05) is 13.6 Å². The zero-order valence-corrected chi connectivity index (χ0v) is 9.16. The molecule has 0 radical (unpaired) electrons. The third kappa shape index (κ3) is 2.45. The molecule has 0 bridgehead atoms. The lowest BCUT2D eigenvalue weighted by Crippen LogP contribution is -2.41. The largest absolute Gasteiger partial charge is 0.393 e. The fraction of sp³-hybridized carbons (Fsp3) is 0.900. The molecule has 4 heteroatoms. The Hall–Kier alpha value is -0.610. The summed E-state index contributed by atoms with van der Waals surface area (Å²) in [6.07, 6.45) is 1.19. The fourth-order valence-corrected chi connectivity index (χ4v) is 2.03. The summed E-state index contributed by atoms with van der Waals surface area (Å²) < 4.78 is 0. The molecule has 82 valence electrons. The monoisotopic (exact) mass is 200 g/mol. The summed E-state index contributed by atoms with van der Waals surface area (Å²) in [5.41, 5.74) is 0. The van der Waals surface area contributed by atoms with Crippen molar-refractivity contribution in [3.8, 4) is 0 Å². The predicted molar refractivity (Wildman–Crippen MR) is 54.9 cm³/mol. The van der Waals surface area contributed by atoms with Gasteiger partial charge in [-0.25, -0.2) is 0 Å². The Labute approximate surface area is 85.3 Å². The summed E-state index contributed by atoms with van der Waals surface area (Å²) in [4.78, 5) is 13.6. The van der Waals surface area contributed by atoms with Crippen LogP contribution in [0.15, 0.2) is 0 Å². The second-order valence-electron chi connectivity index (χ2n) is 4.10. The number of aliphatic hydroxyl groups excluding tert-OH is 1. The predicted octanol–water partition coefficient (Wildman–Crippen LogP) is -0.0339. The van der Waals surface area contributed by atoms with Gasteiger partial charge in [0.2, 0.25) is 5.91 Å². The highest BCUT2D eigenvalue weighted by molar-refractivity contribution is 5.84. The maximum Gasteiger partial charge on any atom is 0.240 e. The number of carbonyl (C=O) groups is 1. The van der Waals surface area contributed by atoms with Crippen LogP contribution in [0.4, 0.5) is 0 Å². The first-order valence-corrected chi connectivity index (χ1v) is 5.22. The number of hydrogen-bond acceptors (Lipinski definition) is 3. The molecule has 3 atom stereocenters. The molecular weight excluding hydrogens is 180 g/mol. The number of amides is 1. The number of nitrogens with zero attached hydrogens (tertiary/aromatic N) is 1. The van der Waals surface area contributed by atoms with E-state index in [1.54, 1.807) is 6.92 Å². The van der Waals surface area contributed by atoms with Crippen molar-refractivity contribution < 1.29 is 9.90 Å². The summed E-state index contributed by atoms with van der Waals surface area (Å²) in [7, 11) is 1.81. The first-order chi connectivity index (χ1) is 6.56. The van der Waals surface area contributed by atoms with Gasteiger partial charge in [-0.1, -0.05) is 0 Å². The van der Waals surface area contributed by atoms with E-state index < -0.39 is 0 Å². The van der Waals surface area contributed by atoms with Crippen molar-refractivity contribution in [3.05, 3.63) is 0 Å². The average molecular weight is 200 g/mol. The van der Waals surface area contributed by atoms with Gasteiger partial charge in [-0.2, -0.15) is 0 Å². The van der Waals surface area contributed by atoms with E-state index >= 15 is 0 Å². The molecule has 2 N–H and O–H groups in total. The maximum absolute atomic E-state index is 11.7. The van der Waals surface area contributed by atoms with Gasteiger partial charge in [0.15, 0.2) is 0 Å². The SMILES string of the molecule is CNC1CCN(C(C)CC(C)O)C1=O. The Morgan fingerprint density at radius 2 is 2.29 bits per heavy atom. The first-order valence-electron chi connectivity index (χ1n) is 5.22. The summed E-state index contributed by atoms with van der Waals surface area (Å²) in [5, 5.41) is 12.2. The van der Waals surface area contributed by atoms with Crippen molar-refractivity contribution in [2.45, 2.75) is 44.9 Å². The van der Waals surface area contributed by atoms with Crippen molar-refractivity contribution in [1.82, 2.24) is 10.2 Å². The molecule has 4 nitrogen and oxygen atoms in total. The highest BCUT2D eigenvalue weighted by atomic mass is 16.3. The van der Waals surface area contributed by atoms with Crippen LogP contribution in [0.25, 0.3) is 0 Å². The molecule has 14 heavy (non-hydrogen) atoms. The summed E-state index contributed by atoms with van der Waals surface area (Å²) >= 11 is 0. The van der Waals surface area contributed by atoms with Crippen molar-refractivity contribution in [2.24, 2.45) is 0 Å². The fourth-order valence-electron chi connectivity index (χ4n) is 2.03. The second-order valence-corrected chi connectivity index (χ2v) is 4.10. The molecule has 1 rings (SSSR count). The third-order valence-corrected chi connectivity index (χ3v) is 2.80. The normalized spacial score (nSPS) is 26.7. The highest BCUT2D eigenvalue weighted by Gasteiger charge is 2.33. The molecular formula is C10H20N2O2. The maximum atomic E-state index is 11.7. The molecule has 0 saturated carbocycles. The summed E-state index contributed by atoms with van der Waals surface area (Å²) in [6.45, 7) is 4.55. The minimum absolute atomic E-state index is 0.0218. The van der Waals surface area contributed by atoms with Crippen LogP contribution in [0.3, 0.4) is 0 Å². The molecule has 1 saturated heterocycles. The van der Waals surface area contributed by atoms with E-state index in [2.05, 4.69) is 5.32 Å². The van der Waals surface area contributed by atoms with E-state index in [4.69, 9.17) is 0 Å². The number of rotatable bonds is 4. The number of nitrogens with one attached hydrogen (secondary N) is 1. The Morgan fingerprint density at radius 3 is 2.71 bits per heavy atom. The first kappa shape index (κ1) is 11.5. The molecule has 0 aromatic carbocycles. The lowest BCUT2D eigenvalue weighted by Gasteiger charge is -2.25. The Morgan fingerprint density at radius 1 is 1.64 bits per heavy atom. The molecule has 1 fully saturated rings. The highest BCUT2D eigenvalue weighted by Crippen LogP contribution is 2.16. The van der Waals surface area contributed by atoms with Gasteiger partial charge in [-0.3, -0.25) is 4.79 Å². The lowest BCUT2D eigenvalue weighted by molar-refractivity contribution is -0.131. The zero-order chi connectivity index (χ0) is 10.7. The van der Waals surface area contributed by atoms with Gasteiger partial charge >= 0.3 is 0 Å². The van der Waals surface area contributed by atoms with Gasteiger partial charge in [-0.15, -0.1) is 0 Å². The van der Waals surface area contributed by atoms with Crippen LogP contribution in [-0.4, -0.2) is 47.7 Å². The van der Waals surface area contributed by atoms with E-state index in [-0.39, 0.29) is 24.1 Å². The molecule has 0 spiro atoms. The van der Waals surface area contributed by atoms with Crippen LogP contribution in [-0.2, 0) is 4.79 Å². The lowest BCUT2D eigenvalue weighted by atomic mass is 10.1. The van der Waals surface area contributed by atoms with Crippen LogP contribution in [0.2, 0.25) is 0 Å². The van der Waals surface area contributed by atoms with E-state index in [9.17, 15) is 9.90 Å². The van der Waals surface area contributed by atoms with Crippen LogP contribution in [0.1, 0.15) is 26.7 Å². The number of carbonyl (C=O) groups excluding carboxylic acids is 1. The molecule has 1 amide bonds. The van der Waals surface area contributed by atoms with Crippen LogP contribution < -0.4 is 5.32 Å². The molecule has 0 aromatic heterocycles. The third-order valence-electron chi connectivity index (χ3n) is 2.80. The van der Waals surface area contributed by atoms with E-state index in [0.717, 1.165) is 13.0 Å². The quantitative estimate of drug-likeness (QED) is 0.670. The van der Waals surface area contributed by atoms with Crippen LogP contribution in [0, 0.1) is 0 Å². The van der Waals surface area contributed by atoms with E-state index in [1.807, 2.05) is 18.9 Å². The molecule has 1 aliphatic heterocycles. The average Bonchev–Trinajstić information content (AvgIpc) is 2.45. The van der Waals surface area contributed by atoms with Crippen molar-refractivity contribution >= 4 is 5.91 Å². The Bertz CT molecular complexity index is 206. The molecule has 3 unspecified atom stereocenters. The smallest absolute Gasteiger partial charge is 0.240 e. The van der Waals surface area contributed by atoms with Gasteiger partial charge in [0.25, 0.3) is 0 Å². The number of hydrogen-bond donors (Lipinski definition) is 2. The van der Waals surface area contributed by atoms with Crippen LogP contribution >= 0.6 is 0 Å². The van der Waals surface area contributed by atoms with E-state index in [1.165, 1.54) is 0 Å². The number of likely N-dealkylation sites (tertiary alicyclic amines) is 1.